The number of nitrogens with zero attached hydrogens (tertiary/aromatic N) is 2. The molecule has 0 saturated carbocycles. The van der Waals surface area contributed by atoms with Gasteiger partial charge in [-0.1, -0.05) is 0 Å². The summed E-state index contributed by atoms with van der Waals surface area (Å²) in [6.07, 6.45) is 4.39. The Balaban J connectivity index is 3.65. The second-order valence-electron chi connectivity index (χ2n) is 6.16. The van der Waals surface area contributed by atoms with E-state index in [1.807, 2.05) is 13.8 Å². The van der Waals surface area contributed by atoms with Crippen LogP contribution >= 0.6 is 24.4 Å². The van der Waals surface area contributed by atoms with Crippen molar-refractivity contribution in [1.82, 2.24) is 32.1 Å². The summed E-state index contributed by atoms with van der Waals surface area (Å²) in [6.45, 7) is 9.30. The van der Waals surface area contributed by atoms with Crippen molar-refractivity contribution < 1.29 is 0 Å². The van der Waals surface area contributed by atoms with E-state index >= 15 is 0 Å². The van der Waals surface area contributed by atoms with Gasteiger partial charge in [-0.2, -0.15) is 10.2 Å². The van der Waals surface area contributed by atoms with Crippen molar-refractivity contribution in [2.75, 3.05) is 46.3 Å². The van der Waals surface area contributed by atoms with E-state index in [4.69, 9.17) is 30.2 Å². The number of nitrogens with one attached hydrogen (secondary N) is 6. The van der Waals surface area contributed by atoms with Crippen molar-refractivity contribution in [1.29, 1.82) is 0 Å². The summed E-state index contributed by atoms with van der Waals surface area (Å²) in [4.78, 5) is 0. The maximum atomic E-state index is 5.45. The molecule has 0 rings (SSSR count). The van der Waals surface area contributed by atoms with Crippen molar-refractivity contribution in [2.24, 2.45) is 15.9 Å². The van der Waals surface area contributed by atoms with Gasteiger partial charge in [-0.15, -0.1) is 0 Å². The van der Waals surface area contributed by atoms with Crippen LogP contribution in [0.4, 0.5) is 0 Å². The highest BCUT2D eigenvalue weighted by Gasteiger charge is 1.99. The second kappa shape index (κ2) is 18.9. The topological polar surface area (TPSA) is 123 Å². The molecule has 0 aliphatic rings. The molecule has 0 unspecified atom stereocenters. The van der Waals surface area contributed by atoms with Gasteiger partial charge in [0, 0.05) is 13.6 Å². The molecule has 11 heteroatoms. The molecule has 0 fully saturated rings. The average Bonchev–Trinajstić information content (AvgIpc) is 2.70. The zero-order chi connectivity index (χ0) is 21.0. The molecular weight excluding hydrogens is 394 g/mol. The fourth-order valence-corrected chi connectivity index (χ4v) is 2.11. The summed E-state index contributed by atoms with van der Waals surface area (Å²) in [5.41, 5.74) is 12.4. The van der Waals surface area contributed by atoms with Crippen molar-refractivity contribution in [3.05, 3.63) is 0 Å². The lowest BCUT2D eigenvalue weighted by Gasteiger charge is -2.09. The fourth-order valence-electron chi connectivity index (χ4n) is 1.92. The van der Waals surface area contributed by atoms with Gasteiger partial charge in [0.1, 0.15) is 0 Å². The van der Waals surface area contributed by atoms with Crippen LogP contribution in [0, 0.1) is 0 Å². The van der Waals surface area contributed by atoms with E-state index in [-0.39, 0.29) is 0 Å². The Morgan fingerprint density at radius 2 is 1.25 bits per heavy atom. The van der Waals surface area contributed by atoms with E-state index in [1.54, 1.807) is 7.05 Å². The van der Waals surface area contributed by atoms with E-state index in [0.717, 1.165) is 57.8 Å². The highest BCUT2D eigenvalue weighted by molar-refractivity contribution is 7.80. The molecule has 0 bridgehead atoms. The van der Waals surface area contributed by atoms with Gasteiger partial charge in [-0.3, -0.25) is 10.9 Å². The lowest BCUT2D eigenvalue weighted by Crippen LogP contribution is -2.35. The molecule has 0 atom stereocenters. The summed E-state index contributed by atoms with van der Waals surface area (Å²) in [5, 5.41) is 22.0. The average molecular weight is 432 g/mol. The summed E-state index contributed by atoms with van der Waals surface area (Å²) in [7, 11) is 1.73. The highest BCUT2D eigenvalue weighted by Crippen LogP contribution is 1.86. The number of rotatable bonds is 15. The Morgan fingerprint density at radius 3 is 1.79 bits per heavy atom. The van der Waals surface area contributed by atoms with E-state index in [2.05, 4.69) is 42.3 Å². The summed E-state index contributed by atoms with van der Waals surface area (Å²) < 4.78 is 0. The third-order valence-electron chi connectivity index (χ3n) is 3.73. The molecule has 0 radical (unpaired) electrons. The van der Waals surface area contributed by atoms with Gasteiger partial charge in [-0.25, -0.2) is 0 Å². The third-order valence-corrected chi connectivity index (χ3v) is 4.26. The van der Waals surface area contributed by atoms with Crippen LogP contribution in [0.2, 0.25) is 0 Å². The van der Waals surface area contributed by atoms with Crippen molar-refractivity contribution in [2.45, 2.75) is 39.5 Å². The summed E-state index contributed by atoms with van der Waals surface area (Å²) in [6, 6.07) is 0. The van der Waals surface area contributed by atoms with Crippen LogP contribution < -0.4 is 37.9 Å². The molecule has 0 aliphatic heterocycles. The Hall–Kier alpha value is -1.40. The van der Waals surface area contributed by atoms with Gasteiger partial charge >= 0.3 is 0 Å². The Bertz CT molecular complexity index is 495. The van der Waals surface area contributed by atoms with Crippen LogP contribution in [0.5, 0.6) is 0 Å². The van der Waals surface area contributed by atoms with Crippen LogP contribution in [0.15, 0.2) is 10.2 Å². The monoisotopic (exact) mass is 431 g/mol. The maximum absolute atomic E-state index is 5.45. The van der Waals surface area contributed by atoms with E-state index in [9.17, 15) is 0 Å². The highest BCUT2D eigenvalue weighted by atomic mass is 32.1. The number of unbranched alkanes of at least 4 members (excludes halogenated alkanes) is 1. The zero-order valence-electron chi connectivity index (χ0n) is 17.4. The minimum Gasteiger partial charge on any atom is -0.364 e. The Kier molecular flexibility index (Phi) is 18.0. The molecule has 0 aromatic rings. The third kappa shape index (κ3) is 16.8. The minimum atomic E-state index is 0.449. The molecule has 0 aromatic heterocycles. The molecule has 0 aliphatic carbocycles. The zero-order valence-corrected chi connectivity index (χ0v) is 19.0. The molecule has 8 N–H and O–H groups in total. The molecule has 0 aromatic carbocycles. The van der Waals surface area contributed by atoms with Gasteiger partial charge in [-0.05, 0) is 96.7 Å². The number of thiocarbonyl (C=S) groups is 2. The predicted octanol–water partition coefficient (Wildman–Crippen LogP) is -0.00550. The van der Waals surface area contributed by atoms with Crippen molar-refractivity contribution in [3.63, 3.8) is 0 Å². The predicted molar refractivity (Wildman–Crippen MR) is 128 cm³/mol. The Morgan fingerprint density at radius 1 is 0.750 bits per heavy atom. The second-order valence-corrected chi connectivity index (χ2v) is 6.97. The normalized spacial score (nSPS) is 11.9. The maximum Gasteiger partial charge on any atom is 0.186 e. The minimum absolute atomic E-state index is 0.449. The summed E-state index contributed by atoms with van der Waals surface area (Å²) in [5.74, 6) is 0. The lowest BCUT2D eigenvalue weighted by molar-refractivity contribution is 0.567. The fraction of sp³-hybridized carbons (Fsp3) is 0.765. The Labute approximate surface area is 180 Å². The number of nitrogens with two attached hydrogens (primary N) is 1. The molecule has 28 heavy (non-hydrogen) atoms. The van der Waals surface area contributed by atoms with Crippen LogP contribution in [0.1, 0.15) is 39.5 Å². The smallest absolute Gasteiger partial charge is 0.186 e. The van der Waals surface area contributed by atoms with Gasteiger partial charge in [0.2, 0.25) is 0 Å². The van der Waals surface area contributed by atoms with Crippen LogP contribution in [0.25, 0.3) is 0 Å². The number of hydrogen-bond donors (Lipinski definition) is 7. The van der Waals surface area contributed by atoms with Gasteiger partial charge in [0.15, 0.2) is 10.2 Å². The molecule has 9 nitrogen and oxygen atoms in total. The SMILES string of the molecule is CNC(=S)N/N=C(C)/C(C)=N/NC(=S)NCCCNCCCCNCCCN. The van der Waals surface area contributed by atoms with Crippen LogP contribution in [-0.4, -0.2) is 68.0 Å². The van der Waals surface area contributed by atoms with E-state index < -0.39 is 0 Å². The number of hydrogen-bond acceptors (Lipinski definition) is 7. The van der Waals surface area contributed by atoms with Crippen LogP contribution in [0.3, 0.4) is 0 Å². The summed E-state index contributed by atoms with van der Waals surface area (Å²) >= 11 is 10.2. The quantitative estimate of drug-likeness (QED) is 0.0830. The lowest BCUT2D eigenvalue weighted by atomic mass is 10.3. The van der Waals surface area contributed by atoms with Gasteiger partial charge < -0.3 is 27.0 Å². The molecule has 0 heterocycles. The molecule has 0 amide bonds. The molecular formula is C17H37N9S2. The first kappa shape index (κ1) is 26.6. The standard InChI is InChI=1S/C17H37N9S2/c1-14(23-25-16(27)19-3)15(2)24-26-17(28)22-13-7-12-21-10-5-4-9-20-11-6-8-18/h20-21H,4-13,18H2,1-3H3,(H2,19,25,27)(H2,22,26,28)/b23-14+,24-15+. The first-order valence-corrected chi connectivity index (χ1v) is 10.5. The largest absolute Gasteiger partial charge is 0.364 e. The van der Waals surface area contributed by atoms with E-state index in [0.29, 0.717) is 15.9 Å². The van der Waals surface area contributed by atoms with Gasteiger partial charge in [0.25, 0.3) is 0 Å². The first-order chi connectivity index (χ1) is 13.5. The van der Waals surface area contributed by atoms with Crippen molar-refractivity contribution >= 4 is 46.1 Å². The first-order valence-electron chi connectivity index (χ1n) is 9.73. The van der Waals surface area contributed by atoms with Crippen LogP contribution in [-0.2, 0) is 0 Å². The molecule has 0 spiro atoms. The molecule has 162 valence electrons. The van der Waals surface area contributed by atoms with Crippen molar-refractivity contribution in [3.8, 4) is 0 Å². The number of hydrazone groups is 2. The molecule has 0 saturated heterocycles. The van der Waals surface area contributed by atoms with E-state index in [1.165, 1.54) is 12.8 Å². The van der Waals surface area contributed by atoms with Gasteiger partial charge in [0.05, 0.1) is 11.4 Å².